The largest absolute Gasteiger partial charge is 0.468 e. The van der Waals surface area contributed by atoms with Gasteiger partial charge in [-0.25, -0.2) is 8.42 Å². The first-order chi connectivity index (χ1) is 12.8. The number of methoxy groups -OCH3 is 1. The van der Waals surface area contributed by atoms with E-state index in [9.17, 15) is 13.2 Å². The van der Waals surface area contributed by atoms with Crippen LogP contribution in [-0.2, 0) is 19.6 Å². The zero-order chi connectivity index (χ0) is 19.6. The van der Waals surface area contributed by atoms with Gasteiger partial charge in [0.15, 0.2) is 0 Å². The van der Waals surface area contributed by atoms with Gasteiger partial charge in [-0.1, -0.05) is 53.5 Å². The number of hydrogen-bond donors (Lipinski definition) is 0. The Bertz CT molecular complexity index is 1120. The number of benzene rings is 3. The molecule has 0 N–H and O–H groups in total. The lowest BCUT2D eigenvalue weighted by atomic mass is 10.1. The maximum atomic E-state index is 13.2. The maximum Gasteiger partial charge on any atom is 0.326 e. The summed E-state index contributed by atoms with van der Waals surface area (Å²) in [7, 11) is -2.88. The van der Waals surface area contributed by atoms with E-state index in [0.29, 0.717) is 5.69 Å². The molecular weight excluding hydrogens is 409 g/mol. The van der Waals surface area contributed by atoms with Crippen molar-refractivity contribution in [2.45, 2.75) is 4.90 Å². The fraction of sp³-hybridized carbons (Fsp3) is 0.105. The Morgan fingerprint density at radius 3 is 2.33 bits per heavy atom. The number of nitrogens with zero attached hydrogens (tertiary/aromatic N) is 1. The highest BCUT2D eigenvalue weighted by Crippen LogP contribution is 2.30. The second-order valence-corrected chi connectivity index (χ2v) is 8.37. The van der Waals surface area contributed by atoms with Gasteiger partial charge in [-0.15, -0.1) is 0 Å². The van der Waals surface area contributed by atoms with E-state index in [0.717, 1.165) is 15.1 Å². The van der Waals surface area contributed by atoms with Crippen molar-refractivity contribution in [1.29, 1.82) is 0 Å². The van der Waals surface area contributed by atoms with E-state index in [1.165, 1.54) is 25.3 Å². The van der Waals surface area contributed by atoms with Crippen molar-refractivity contribution in [2.24, 2.45) is 0 Å². The summed E-state index contributed by atoms with van der Waals surface area (Å²) in [6.07, 6.45) is 0. The Labute approximate surface area is 167 Å². The molecule has 27 heavy (non-hydrogen) atoms. The van der Waals surface area contributed by atoms with E-state index in [4.69, 9.17) is 23.2 Å². The SMILES string of the molecule is COC(=O)CN(c1ccc2ccccc2c1)S(=O)(=O)c1ccc(Cl)c(Cl)c1. The van der Waals surface area contributed by atoms with Gasteiger partial charge in [-0.05, 0) is 41.1 Å². The summed E-state index contributed by atoms with van der Waals surface area (Å²) in [6, 6.07) is 16.6. The predicted molar refractivity (Wildman–Crippen MR) is 107 cm³/mol. The number of anilines is 1. The quantitative estimate of drug-likeness (QED) is 0.566. The highest BCUT2D eigenvalue weighted by Gasteiger charge is 2.28. The molecule has 0 saturated heterocycles. The number of halogens is 2. The minimum absolute atomic E-state index is 0.0750. The Morgan fingerprint density at radius 1 is 0.963 bits per heavy atom. The molecule has 3 aromatic rings. The van der Waals surface area contributed by atoms with Crippen LogP contribution in [0.4, 0.5) is 5.69 Å². The summed E-state index contributed by atoms with van der Waals surface area (Å²) in [6.45, 7) is -0.475. The maximum absolute atomic E-state index is 13.2. The zero-order valence-electron chi connectivity index (χ0n) is 14.2. The molecular formula is C19H15Cl2NO4S. The van der Waals surface area contributed by atoms with Crippen LogP contribution in [0.5, 0.6) is 0 Å². The molecule has 0 unspecified atom stereocenters. The third-order valence-corrected chi connectivity index (χ3v) is 6.51. The van der Waals surface area contributed by atoms with Crippen molar-refractivity contribution in [3.8, 4) is 0 Å². The molecule has 0 aliphatic rings. The van der Waals surface area contributed by atoms with Gasteiger partial charge in [0.25, 0.3) is 10.0 Å². The molecule has 5 nitrogen and oxygen atoms in total. The number of carbonyl (C=O) groups excluding carboxylic acids is 1. The molecule has 0 aromatic heterocycles. The van der Waals surface area contributed by atoms with Crippen LogP contribution in [0, 0.1) is 0 Å². The van der Waals surface area contributed by atoms with Crippen molar-refractivity contribution in [2.75, 3.05) is 18.0 Å². The summed E-state index contributed by atoms with van der Waals surface area (Å²) in [4.78, 5) is 11.8. The third kappa shape index (κ3) is 4.03. The van der Waals surface area contributed by atoms with Crippen LogP contribution < -0.4 is 4.31 Å². The van der Waals surface area contributed by atoms with Crippen LogP contribution in [0.15, 0.2) is 65.6 Å². The fourth-order valence-electron chi connectivity index (χ4n) is 2.59. The highest BCUT2D eigenvalue weighted by molar-refractivity contribution is 7.92. The first-order valence-corrected chi connectivity index (χ1v) is 10.1. The average molecular weight is 424 g/mol. The standard InChI is InChI=1S/C19H15Cl2NO4S/c1-26-19(23)12-22(15-7-6-13-4-2-3-5-14(13)10-15)27(24,25)16-8-9-17(20)18(21)11-16/h2-11H,12H2,1H3. The van der Waals surface area contributed by atoms with Gasteiger partial charge in [-0.2, -0.15) is 0 Å². The van der Waals surface area contributed by atoms with Gasteiger partial charge in [-0.3, -0.25) is 9.10 Å². The molecule has 3 rings (SSSR count). The number of esters is 1. The minimum Gasteiger partial charge on any atom is -0.468 e. The number of carbonyl (C=O) groups is 1. The van der Waals surface area contributed by atoms with E-state index in [1.54, 1.807) is 18.2 Å². The normalized spacial score (nSPS) is 11.4. The molecule has 0 saturated carbocycles. The number of sulfonamides is 1. The number of rotatable bonds is 5. The smallest absolute Gasteiger partial charge is 0.326 e. The first kappa shape index (κ1) is 19.5. The minimum atomic E-state index is -4.08. The predicted octanol–water partition coefficient (Wildman–Crippen LogP) is 4.51. The van der Waals surface area contributed by atoms with Crippen molar-refractivity contribution in [3.05, 3.63) is 70.7 Å². The van der Waals surface area contributed by atoms with Gasteiger partial charge >= 0.3 is 5.97 Å². The number of ether oxygens (including phenoxy) is 1. The summed E-state index contributed by atoms with van der Waals surface area (Å²) in [5.41, 5.74) is 0.338. The third-order valence-electron chi connectivity index (χ3n) is 4.00. The van der Waals surface area contributed by atoms with Crippen LogP contribution in [0.1, 0.15) is 0 Å². The Morgan fingerprint density at radius 2 is 1.67 bits per heavy atom. The lowest BCUT2D eigenvalue weighted by Gasteiger charge is -2.24. The van der Waals surface area contributed by atoms with Gasteiger partial charge in [0.05, 0.1) is 27.7 Å². The second-order valence-electron chi connectivity index (χ2n) is 5.70. The molecule has 8 heteroatoms. The molecule has 3 aromatic carbocycles. The molecule has 0 aliphatic heterocycles. The lowest BCUT2D eigenvalue weighted by Crippen LogP contribution is -2.36. The average Bonchev–Trinajstić information content (AvgIpc) is 2.67. The zero-order valence-corrected chi connectivity index (χ0v) is 16.6. The summed E-state index contributed by atoms with van der Waals surface area (Å²) in [5.74, 6) is -0.688. The molecule has 0 amide bonds. The first-order valence-electron chi connectivity index (χ1n) is 7.86. The van der Waals surface area contributed by atoms with Gasteiger partial charge in [0, 0.05) is 0 Å². The van der Waals surface area contributed by atoms with Gasteiger partial charge in [0.1, 0.15) is 6.54 Å². The molecule has 0 aliphatic carbocycles. The number of hydrogen-bond acceptors (Lipinski definition) is 4. The van der Waals surface area contributed by atoms with Crippen LogP contribution in [0.3, 0.4) is 0 Å². The van der Waals surface area contributed by atoms with Crippen molar-refractivity contribution in [1.82, 2.24) is 0 Å². The lowest BCUT2D eigenvalue weighted by molar-refractivity contribution is -0.138. The topological polar surface area (TPSA) is 63.7 Å². The van der Waals surface area contributed by atoms with E-state index in [2.05, 4.69) is 4.74 Å². The van der Waals surface area contributed by atoms with Crippen LogP contribution in [-0.4, -0.2) is 28.0 Å². The van der Waals surface area contributed by atoms with Crippen molar-refractivity contribution < 1.29 is 17.9 Å². The monoisotopic (exact) mass is 423 g/mol. The summed E-state index contributed by atoms with van der Waals surface area (Å²) < 4.78 is 32.1. The molecule has 0 heterocycles. The van der Waals surface area contributed by atoms with Crippen molar-refractivity contribution >= 4 is 55.7 Å². The highest BCUT2D eigenvalue weighted by atomic mass is 35.5. The molecule has 0 bridgehead atoms. The Kier molecular flexibility index (Phi) is 5.60. The van der Waals surface area contributed by atoms with Crippen LogP contribution in [0.25, 0.3) is 10.8 Å². The Hall–Kier alpha value is -2.28. The molecule has 140 valence electrons. The molecule has 0 radical (unpaired) electrons. The molecule has 0 spiro atoms. The summed E-state index contributed by atoms with van der Waals surface area (Å²) in [5, 5.41) is 2.13. The van der Waals surface area contributed by atoms with E-state index in [-0.39, 0.29) is 14.9 Å². The van der Waals surface area contributed by atoms with Crippen LogP contribution >= 0.6 is 23.2 Å². The van der Waals surface area contributed by atoms with E-state index < -0.39 is 22.5 Å². The molecule has 0 atom stereocenters. The second kappa shape index (κ2) is 7.76. The van der Waals surface area contributed by atoms with Crippen LogP contribution in [0.2, 0.25) is 10.0 Å². The fourth-order valence-corrected chi connectivity index (χ4v) is 4.38. The van der Waals surface area contributed by atoms with Gasteiger partial charge in [0.2, 0.25) is 0 Å². The molecule has 0 fully saturated rings. The van der Waals surface area contributed by atoms with Gasteiger partial charge < -0.3 is 4.74 Å². The van der Waals surface area contributed by atoms with E-state index in [1.807, 2.05) is 24.3 Å². The van der Waals surface area contributed by atoms with E-state index >= 15 is 0 Å². The summed E-state index contributed by atoms with van der Waals surface area (Å²) >= 11 is 11.9. The number of fused-ring (bicyclic) bond motifs is 1. The van der Waals surface area contributed by atoms with Crippen molar-refractivity contribution in [3.63, 3.8) is 0 Å². The Balaban J connectivity index is 2.14.